The molecule has 1 unspecified atom stereocenters. The lowest BCUT2D eigenvalue weighted by atomic mass is 9.97. The van der Waals surface area contributed by atoms with E-state index in [9.17, 15) is 4.79 Å². The third-order valence-corrected chi connectivity index (χ3v) is 3.04. The summed E-state index contributed by atoms with van der Waals surface area (Å²) in [6.45, 7) is 1.82. The summed E-state index contributed by atoms with van der Waals surface area (Å²) in [5.74, 6) is 0.635. The van der Waals surface area contributed by atoms with Gasteiger partial charge in [-0.25, -0.2) is 9.97 Å². The van der Waals surface area contributed by atoms with Crippen LogP contribution in [-0.2, 0) is 4.79 Å². The summed E-state index contributed by atoms with van der Waals surface area (Å²) >= 11 is 0. The second-order valence-electron chi connectivity index (χ2n) is 4.35. The minimum Gasteiger partial charge on any atom is -0.395 e. The van der Waals surface area contributed by atoms with Crippen LogP contribution in [0.5, 0.6) is 0 Å². The topological polar surface area (TPSA) is 78.4 Å². The van der Waals surface area contributed by atoms with Crippen molar-refractivity contribution < 1.29 is 9.90 Å². The first-order valence-corrected chi connectivity index (χ1v) is 6.22. The maximum Gasteiger partial charge on any atom is 0.225 e. The highest BCUT2D eigenvalue weighted by atomic mass is 16.3. The van der Waals surface area contributed by atoms with Crippen molar-refractivity contribution in [2.45, 2.75) is 12.8 Å². The fourth-order valence-corrected chi connectivity index (χ4v) is 2.15. The molecule has 0 saturated carbocycles. The predicted molar refractivity (Wildman–Crippen MR) is 67.1 cm³/mol. The van der Waals surface area contributed by atoms with Crippen LogP contribution in [0.2, 0.25) is 0 Å². The van der Waals surface area contributed by atoms with Crippen molar-refractivity contribution in [2.24, 2.45) is 5.92 Å². The van der Waals surface area contributed by atoms with E-state index in [4.69, 9.17) is 5.11 Å². The van der Waals surface area contributed by atoms with Crippen molar-refractivity contribution in [2.75, 3.05) is 31.1 Å². The van der Waals surface area contributed by atoms with Gasteiger partial charge >= 0.3 is 0 Å². The van der Waals surface area contributed by atoms with Gasteiger partial charge in [0.05, 0.1) is 12.5 Å². The second kappa shape index (κ2) is 6.30. The monoisotopic (exact) mass is 250 g/mol. The molecule has 98 valence electrons. The fourth-order valence-electron chi connectivity index (χ4n) is 2.15. The number of hydrogen-bond acceptors (Lipinski definition) is 5. The van der Waals surface area contributed by atoms with Gasteiger partial charge in [0, 0.05) is 32.0 Å². The molecule has 1 atom stereocenters. The molecule has 6 nitrogen and oxygen atoms in total. The molecule has 1 fully saturated rings. The van der Waals surface area contributed by atoms with Crippen LogP contribution in [0, 0.1) is 5.92 Å². The van der Waals surface area contributed by atoms with Gasteiger partial charge in [0.2, 0.25) is 11.9 Å². The summed E-state index contributed by atoms with van der Waals surface area (Å²) in [7, 11) is 0. The zero-order valence-electron chi connectivity index (χ0n) is 10.2. The molecule has 1 aliphatic rings. The Hall–Kier alpha value is -1.69. The summed E-state index contributed by atoms with van der Waals surface area (Å²) in [4.78, 5) is 22.3. The van der Waals surface area contributed by atoms with Gasteiger partial charge in [-0.05, 0) is 18.9 Å². The Bertz CT molecular complexity index is 385. The van der Waals surface area contributed by atoms with E-state index in [0.717, 1.165) is 19.4 Å². The smallest absolute Gasteiger partial charge is 0.225 e. The molecule has 2 N–H and O–H groups in total. The molecule has 1 saturated heterocycles. The quantitative estimate of drug-likeness (QED) is 0.774. The highest BCUT2D eigenvalue weighted by molar-refractivity contribution is 5.79. The lowest BCUT2D eigenvalue weighted by Gasteiger charge is -2.31. The molecule has 0 spiro atoms. The maximum absolute atomic E-state index is 11.8. The summed E-state index contributed by atoms with van der Waals surface area (Å²) in [5.41, 5.74) is 0. The van der Waals surface area contributed by atoms with E-state index < -0.39 is 0 Å². The van der Waals surface area contributed by atoms with Crippen LogP contribution in [0.4, 0.5) is 5.95 Å². The van der Waals surface area contributed by atoms with Crippen molar-refractivity contribution in [3.05, 3.63) is 18.5 Å². The molecule has 0 bridgehead atoms. The first kappa shape index (κ1) is 12.8. The highest BCUT2D eigenvalue weighted by Crippen LogP contribution is 2.19. The van der Waals surface area contributed by atoms with Gasteiger partial charge in [-0.15, -0.1) is 0 Å². The Morgan fingerprint density at radius 1 is 1.50 bits per heavy atom. The molecule has 2 rings (SSSR count). The molecule has 0 aromatic carbocycles. The number of nitrogens with zero attached hydrogens (tertiary/aromatic N) is 3. The van der Waals surface area contributed by atoms with E-state index in [-0.39, 0.29) is 18.4 Å². The van der Waals surface area contributed by atoms with Crippen LogP contribution in [-0.4, -0.2) is 47.2 Å². The minimum absolute atomic E-state index is 0.00433. The number of nitrogens with one attached hydrogen (secondary N) is 1. The Morgan fingerprint density at radius 2 is 2.28 bits per heavy atom. The Kier molecular flexibility index (Phi) is 4.46. The molecule has 1 aliphatic heterocycles. The number of carbonyl (C=O) groups is 1. The van der Waals surface area contributed by atoms with E-state index >= 15 is 0 Å². The normalized spacial score (nSPS) is 19.6. The van der Waals surface area contributed by atoms with Crippen LogP contribution in [0.1, 0.15) is 12.8 Å². The van der Waals surface area contributed by atoms with E-state index in [2.05, 4.69) is 15.3 Å². The van der Waals surface area contributed by atoms with Crippen molar-refractivity contribution in [1.82, 2.24) is 15.3 Å². The number of hydrogen-bond donors (Lipinski definition) is 2. The highest BCUT2D eigenvalue weighted by Gasteiger charge is 2.26. The van der Waals surface area contributed by atoms with Crippen LogP contribution in [0.25, 0.3) is 0 Å². The second-order valence-corrected chi connectivity index (χ2v) is 4.35. The summed E-state index contributed by atoms with van der Waals surface area (Å²) in [5, 5.41) is 11.4. The van der Waals surface area contributed by atoms with E-state index in [0.29, 0.717) is 19.0 Å². The molecule has 1 amide bonds. The van der Waals surface area contributed by atoms with Crippen molar-refractivity contribution in [3.63, 3.8) is 0 Å². The SMILES string of the molecule is O=C(NCCO)C1CCCN(c2ncccn2)C1. The minimum atomic E-state index is -0.0471. The van der Waals surface area contributed by atoms with Gasteiger partial charge in [-0.1, -0.05) is 0 Å². The van der Waals surface area contributed by atoms with Crippen molar-refractivity contribution in [3.8, 4) is 0 Å². The largest absolute Gasteiger partial charge is 0.395 e. The fraction of sp³-hybridized carbons (Fsp3) is 0.583. The molecule has 1 aromatic heterocycles. The number of aliphatic hydroxyl groups excluding tert-OH is 1. The van der Waals surface area contributed by atoms with Crippen LogP contribution in [0.3, 0.4) is 0 Å². The maximum atomic E-state index is 11.8. The third-order valence-electron chi connectivity index (χ3n) is 3.04. The lowest BCUT2D eigenvalue weighted by Crippen LogP contribution is -2.44. The van der Waals surface area contributed by atoms with E-state index in [1.807, 2.05) is 4.90 Å². The van der Waals surface area contributed by atoms with Crippen LogP contribution < -0.4 is 10.2 Å². The number of rotatable bonds is 4. The molecular weight excluding hydrogens is 232 g/mol. The van der Waals surface area contributed by atoms with Gasteiger partial charge in [-0.2, -0.15) is 0 Å². The molecule has 2 heterocycles. The van der Waals surface area contributed by atoms with Crippen molar-refractivity contribution >= 4 is 11.9 Å². The number of amides is 1. The van der Waals surface area contributed by atoms with Gasteiger partial charge in [-0.3, -0.25) is 4.79 Å². The standard InChI is InChI=1S/C12H18N4O2/c17-8-6-13-11(18)10-3-1-7-16(9-10)12-14-4-2-5-15-12/h2,4-5,10,17H,1,3,6-9H2,(H,13,18). The number of piperidine rings is 1. The molecule has 6 heteroatoms. The third kappa shape index (κ3) is 3.16. The Morgan fingerprint density at radius 3 is 3.00 bits per heavy atom. The Balaban J connectivity index is 1.94. The molecule has 1 aromatic rings. The zero-order chi connectivity index (χ0) is 12.8. The predicted octanol–water partition coefficient (Wildman–Crippen LogP) is -0.199. The van der Waals surface area contributed by atoms with E-state index in [1.54, 1.807) is 18.5 Å². The van der Waals surface area contributed by atoms with Gasteiger partial charge in [0.25, 0.3) is 0 Å². The first-order chi connectivity index (χ1) is 8.81. The molecular formula is C12H18N4O2. The summed E-state index contributed by atoms with van der Waals surface area (Å²) in [6.07, 6.45) is 5.24. The van der Waals surface area contributed by atoms with Gasteiger partial charge in [0.1, 0.15) is 0 Å². The van der Waals surface area contributed by atoms with E-state index in [1.165, 1.54) is 0 Å². The summed E-state index contributed by atoms with van der Waals surface area (Å²) in [6, 6.07) is 1.78. The number of anilines is 1. The molecule has 0 radical (unpaired) electrons. The number of aromatic nitrogens is 2. The number of carbonyl (C=O) groups excluding carboxylic acids is 1. The van der Waals surface area contributed by atoms with Crippen LogP contribution in [0.15, 0.2) is 18.5 Å². The number of aliphatic hydroxyl groups is 1. The molecule has 18 heavy (non-hydrogen) atoms. The lowest BCUT2D eigenvalue weighted by molar-refractivity contribution is -0.125. The Labute approximate surface area is 106 Å². The average Bonchev–Trinajstić information content (AvgIpc) is 2.46. The van der Waals surface area contributed by atoms with Crippen LogP contribution >= 0.6 is 0 Å². The zero-order valence-corrected chi connectivity index (χ0v) is 10.2. The van der Waals surface area contributed by atoms with Crippen molar-refractivity contribution in [1.29, 1.82) is 0 Å². The van der Waals surface area contributed by atoms with Gasteiger partial charge in [0.15, 0.2) is 0 Å². The summed E-state index contributed by atoms with van der Waals surface area (Å²) < 4.78 is 0. The first-order valence-electron chi connectivity index (χ1n) is 6.22. The average molecular weight is 250 g/mol. The van der Waals surface area contributed by atoms with Gasteiger partial charge < -0.3 is 15.3 Å². The molecule has 0 aliphatic carbocycles.